The Labute approximate surface area is 104 Å². The zero-order chi connectivity index (χ0) is 12.8. The Morgan fingerprint density at radius 3 is 2.82 bits per heavy atom. The van der Waals surface area contributed by atoms with Gasteiger partial charge in [0.25, 0.3) is 0 Å². The first kappa shape index (κ1) is 14.5. The third-order valence-corrected chi connectivity index (χ3v) is 3.25. The smallest absolute Gasteiger partial charge is 0.239 e. The Morgan fingerprint density at radius 1 is 1.53 bits per heavy atom. The first-order chi connectivity index (χ1) is 8.06. The zero-order valence-corrected chi connectivity index (χ0v) is 11.3. The summed E-state index contributed by atoms with van der Waals surface area (Å²) in [6, 6.07) is -0.375. The molecule has 1 unspecified atom stereocenters. The molecule has 1 saturated heterocycles. The average Bonchev–Trinajstić information content (AvgIpc) is 2.34. The molecule has 0 aromatic heterocycles. The van der Waals surface area contributed by atoms with Crippen LogP contribution in [0.2, 0.25) is 0 Å². The number of rotatable bonds is 5. The second-order valence-corrected chi connectivity index (χ2v) is 5.19. The number of amides is 1. The van der Waals surface area contributed by atoms with Gasteiger partial charge in [-0.15, -0.1) is 0 Å². The van der Waals surface area contributed by atoms with E-state index in [1.165, 1.54) is 0 Å². The molecular formula is C13H26N2O2. The average molecular weight is 242 g/mol. The molecular weight excluding hydrogens is 216 g/mol. The Bertz CT molecular complexity index is 244. The van der Waals surface area contributed by atoms with Crippen molar-refractivity contribution in [3.8, 4) is 0 Å². The molecule has 0 aromatic carbocycles. The molecule has 1 aliphatic heterocycles. The minimum atomic E-state index is -0.375. The van der Waals surface area contributed by atoms with Crippen molar-refractivity contribution in [2.75, 3.05) is 19.7 Å². The summed E-state index contributed by atoms with van der Waals surface area (Å²) in [6.07, 6.45) is 3.30. The van der Waals surface area contributed by atoms with Gasteiger partial charge in [0.2, 0.25) is 5.91 Å². The van der Waals surface area contributed by atoms with Crippen molar-refractivity contribution in [1.82, 2.24) is 4.90 Å². The molecule has 17 heavy (non-hydrogen) atoms. The lowest BCUT2D eigenvalue weighted by molar-refractivity contribution is -0.137. The second kappa shape index (κ2) is 6.97. The number of carbonyl (C=O) groups excluding carboxylic acids is 1. The molecule has 1 fully saturated rings. The van der Waals surface area contributed by atoms with Gasteiger partial charge in [0.15, 0.2) is 0 Å². The molecule has 0 spiro atoms. The maximum Gasteiger partial charge on any atom is 0.239 e. The SMILES string of the molecule is CCCOC1CCCN(C(=O)[C@@H](N)C(C)C)C1. The highest BCUT2D eigenvalue weighted by Gasteiger charge is 2.28. The van der Waals surface area contributed by atoms with E-state index in [0.717, 1.165) is 32.4 Å². The van der Waals surface area contributed by atoms with Crippen LogP contribution in [0.15, 0.2) is 0 Å². The lowest BCUT2D eigenvalue weighted by Gasteiger charge is -2.34. The normalized spacial score (nSPS) is 22.9. The summed E-state index contributed by atoms with van der Waals surface area (Å²) in [7, 11) is 0. The number of likely N-dealkylation sites (tertiary alicyclic amines) is 1. The summed E-state index contributed by atoms with van der Waals surface area (Å²) >= 11 is 0. The van der Waals surface area contributed by atoms with Crippen LogP contribution in [0.1, 0.15) is 40.0 Å². The largest absolute Gasteiger partial charge is 0.376 e. The van der Waals surface area contributed by atoms with Crippen molar-refractivity contribution in [1.29, 1.82) is 0 Å². The third kappa shape index (κ3) is 4.28. The van der Waals surface area contributed by atoms with E-state index in [9.17, 15) is 4.79 Å². The van der Waals surface area contributed by atoms with E-state index in [4.69, 9.17) is 10.5 Å². The molecule has 1 rings (SSSR count). The second-order valence-electron chi connectivity index (χ2n) is 5.19. The highest BCUT2D eigenvalue weighted by atomic mass is 16.5. The molecule has 0 aromatic rings. The van der Waals surface area contributed by atoms with Crippen molar-refractivity contribution in [2.45, 2.75) is 52.2 Å². The number of hydrogen-bond acceptors (Lipinski definition) is 3. The zero-order valence-electron chi connectivity index (χ0n) is 11.3. The van der Waals surface area contributed by atoms with E-state index in [2.05, 4.69) is 6.92 Å². The molecule has 100 valence electrons. The van der Waals surface area contributed by atoms with Crippen LogP contribution in [-0.2, 0) is 9.53 Å². The van der Waals surface area contributed by atoms with Gasteiger partial charge < -0.3 is 15.4 Å². The van der Waals surface area contributed by atoms with E-state index in [1.54, 1.807) is 0 Å². The van der Waals surface area contributed by atoms with Crippen LogP contribution in [0.25, 0.3) is 0 Å². The van der Waals surface area contributed by atoms with Crippen LogP contribution in [-0.4, -0.2) is 42.6 Å². The van der Waals surface area contributed by atoms with Gasteiger partial charge in [-0.1, -0.05) is 20.8 Å². The number of nitrogens with zero attached hydrogens (tertiary/aromatic N) is 1. The number of piperidine rings is 1. The molecule has 1 amide bonds. The predicted octanol–water partition coefficient (Wildman–Crippen LogP) is 1.39. The van der Waals surface area contributed by atoms with E-state index >= 15 is 0 Å². The van der Waals surface area contributed by atoms with E-state index in [-0.39, 0.29) is 24.0 Å². The highest BCUT2D eigenvalue weighted by molar-refractivity contribution is 5.82. The third-order valence-electron chi connectivity index (χ3n) is 3.25. The highest BCUT2D eigenvalue weighted by Crippen LogP contribution is 2.15. The number of hydrogen-bond donors (Lipinski definition) is 1. The van der Waals surface area contributed by atoms with Crippen molar-refractivity contribution >= 4 is 5.91 Å². The molecule has 0 saturated carbocycles. The summed E-state index contributed by atoms with van der Waals surface area (Å²) in [4.78, 5) is 14.0. The summed E-state index contributed by atoms with van der Waals surface area (Å²) in [5.41, 5.74) is 5.90. The quantitative estimate of drug-likeness (QED) is 0.792. The van der Waals surface area contributed by atoms with Gasteiger partial charge >= 0.3 is 0 Å². The van der Waals surface area contributed by atoms with Crippen molar-refractivity contribution < 1.29 is 9.53 Å². The number of carbonyl (C=O) groups is 1. The van der Waals surface area contributed by atoms with Crippen LogP contribution >= 0.6 is 0 Å². The van der Waals surface area contributed by atoms with Crippen LogP contribution in [0.3, 0.4) is 0 Å². The fraction of sp³-hybridized carbons (Fsp3) is 0.923. The molecule has 4 heteroatoms. The van der Waals surface area contributed by atoms with Gasteiger partial charge in [0.1, 0.15) is 0 Å². The van der Waals surface area contributed by atoms with Crippen LogP contribution in [0, 0.1) is 5.92 Å². The Morgan fingerprint density at radius 2 is 2.24 bits per heavy atom. The molecule has 0 aliphatic carbocycles. The summed E-state index contributed by atoms with van der Waals surface area (Å²) in [6.45, 7) is 8.38. The molecule has 4 nitrogen and oxygen atoms in total. The van der Waals surface area contributed by atoms with E-state index < -0.39 is 0 Å². The lowest BCUT2D eigenvalue weighted by atomic mass is 10.0. The van der Waals surface area contributed by atoms with E-state index in [1.807, 2.05) is 18.7 Å². The Balaban J connectivity index is 2.45. The Kier molecular flexibility index (Phi) is 5.92. The molecule has 0 bridgehead atoms. The first-order valence-corrected chi connectivity index (χ1v) is 6.72. The molecule has 1 heterocycles. The number of ether oxygens (including phenoxy) is 1. The topological polar surface area (TPSA) is 55.6 Å². The monoisotopic (exact) mass is 242 g/mol. The minimum Gasteiger partial charge on any atom is -0.376 e. The van der Waals surface area contributed by atoms with Gasteiger partial charge in [-0.3, -0.25) is 4.79 Å². The number of nitrogens with two attached hydrogens (primary N) is 1. The Hall–Kier alpha value is -0.610. The molecule has 2 N–H and O–H groups in total. The predicted molar refractivity (Wildman–Crippen MR) is 68.7 cm³/mol. The van der Waals surface area contributed by atoms with Crippen LogP contribution in [0.4, 0.5) is 0 Å². The standard InChI is InChI=1S/C13H26N2O2/c1-4-8-17-11-6-5-7-15(9-11)13(16)12(14)10(2)3/h10-12H,4-9,14H2,1-3H3/t11?,12-/m0/s1. The molecule has 1 aliphatic rings. The summed E-state index contributed by atoms with van der Waals surface area (Å²) in [5, 5.41) is 0. The van der Waals surface area contributed by atoms with Gasteiger partial charge in [-0.05, 0) is 25.2 Å². The lowest BCUT2D eigenvalue weighted by Crippen LogP contribution is -2.51. The molecule has 2 atom stereocenters. The van der Waals surface area contributed by atoms with Crippen LogP contribution < -0.4 is 5.73 Å². The fourth-order valence-corrected chi connectivity index (χ4v) is 2.05. The van der Waals surface area contributed by atoms with Gasteiger partial charge in [-0.25, -0.2) is 0 Å². The van der Waals surface area contributed by atoms with Crippen molar-refractivity contribution in [2.24, 2.45) is 11.7 Å². The van der Waals surface area contributed by atoms with Crippen molar-refractivity contribution in [3.05, 3.63) is 0 Å². The van der Waals surface area contributed by atoms with Gasteiger partial charge in [-0.2, -0.15) is 0 Å². The van der Waals surface area contributed by atoms with E-state index in [0.29, 0.717) is 6.54 Å². The molecule has 0 radical (unpaired) electrons. The maximum atomic E-state index is 12.1. The van der Waals surface area contributed by atoms with Gasteiger partial charge in [0, 0.05) is 19.7 Å². The minimum absolute atomic E-state index is 0.0739. The first-order valence-electron chi connectivity index (χ1n) is 6.72. The summed E-state index contributed by atoms with van der Waals surface area (Å²) in [5.74, 6) is 0.268. The summed E-state index contributed by atoms with van der Waals surface area (Å²) < 4.78 is 5.72. The maximum absolute atomic E-state index is 12.1. The van der Waals surface area contributed by atoms with Crippen molar-refractivity contribution in [3.63, 3.8) is 0 Å². The van der Waals surface area contributed by atoms with Gasteiger partial charge in [0.05, 0.1) is 12.1 Å². The fourth-order valence-electron chi connectivity index (χ4n) is 2.05. The van der Waals surface area contributed by atoms with Crippen LogP contribution in [0.5, 0.6) is 0 Å².